The molecular weight excluding hydrogens is 230 g/mol. The molecule has 0 aliphatic carbocycles. The Morgan fingerprint density at radius 3 is 2.61 bits per heavy atom. The summed E-state index contributed by atoms with van der Waals surface area (Å²) in [5.74, 6) is 0.323. The van der Waals surface area contributed by atoms with Crippen LogP contribution < -0.4 is 5.32 Å². The summed E-state index contributed by atoms with van der Waals surface area (Å²) in [5, 5.41) is 3.34. The van der Waals surface area contributed by atoms with Crippen molar-refractivity contribution in [1.82, 2.24) is 15.1 Å². The maximum Gasteiger partial charge on any atom is 0.227 e. The van der Waals surface area contributed by atoms with Gasteiger partial charge in [0, 0.05) is 45.7 Å². The molecule has 5 nitrogen and oxygen atoms in total. The molecule has 0 bridgehead atoms. The molecule has 0 aromatic heterocycles. The van der Waals surface area contributed by atoms with E-state index in [9.17, 15) is 9.59 Å². The highest BCUT2D eigenvalue weighted by atomic mass is 16.2. The van der Waals surface area contributed by atoms with Gasteiger partial charge in [0.15, 0.2) is 0 Å². The van der Waals surface area contributed by atoms with Gasteiger partial charge >= 0.3 is 0 Å². The number of hydrogen-bond acceptors (Lipinski definition) is 3. The molecule has 0 saturated carbocycles. The summed E-state index contributed by atoms with van der Waals surface area (Å²) < 4.78 is 0. The summed E-state index contributed by atoms with van der Waals surface area (Å²) in [7, 11) is 0. The van der Waals surface area contributed by atoms with E-state index in [1.807, 2.05) is 4.90 Å². The van der Waals surface area contributed by atoms with Crippen molar-refractivity contribution in [2.24, 2.45) is 5.92 Å². The second-order valence-electron chi connectivity index (χ2n) is 5.44. The van der Waals surface area contributed by atoms with E-state index in [0.717, 1.165) is 39.0 Å². The van der Waals surface area contributed by atoms with Crippen LogP contribution in [-0.2, 0) is 9.59 Å². The Kier molecular flexibility index (Phi) is 4.22. The zero-order chi connectivity index (χ0) is 13.1. The number of nitrogens with zero attached hydrogens (tertiary/aromatic N) is 2. The van der Waals surface area contributed by atoms with Gasteiger partial charge in [0.05, 0.1) is 5.92 Å². The lowest BCUT2D eigenvalue weighted by molar-refractivity contribution is -0.141. The second kappa shape index (κ2) is 5.69. The van der Waals surface area contributed by atoms with Crippen molar-refractivity contribution in [3.63, 3.8) is 0 Å². The fraction of sp³-hybridized carbons (Fsp3) is 0.846. The number of carbonyl (C=O) groups excluding carboxylic acids is 2. The fourth-order valence-electron chi connectivity index (χ4n) is 2.86. The van der Waals surface area contributed by atoms with Gasteiger partial charge in [-0.05, 0) is 19.8 Å². The number of nitrogens with one attached hydrogen (secondary N) is 1. The van der Waals surface area contributed by atoms with E-state index in [1.165, 1.54) is 0 Å². The zero-order valence-corrected chi connectivity index (χ0v) is 11.3. The zero-order valence-electron chi connectivity index (χ0n) is 11.3. The quantitative estimate of drug-likeness (QED) is 0.719. The predicted molar refractivity (Wildman–Crippen MR) is 69.0 cm³/mol. The first-order chi connectivity index (χ1) is 8.58. The topological polar surface area (TPSA) is 52.7 Å². The lowest BCUT2D eigenvalue weighted by Crippen LogP contribution is -2.54. The van der Waals surface area contributed by atoms with Crippen molar-refractivity contribution in [3.8, 4) is 0 Å². The number of carbonyl (C=O) groups is 2. The van der Waals surface area contributed by atoms with E-state index < -0.39 is 0 Å². The molecule has 5 heteroatoms. The largest absolute Gasteiger partial charge is 0.342 e. The molecule has 2 heterocycles. The van der Waals surface area contributed by atoms with Crippen molar-refractivity contribution < 1.29 is 9.59 Å². The molecule has 0 aromatic rings. The Balaban J connectivity index is 1.93. The van der Waals surface area contributed by atoms with Gasteiger partial charge in [-0.3, -0.25) is 9.59 Å². The molecule has 2 aliphatic rings. The van der Waals surface area contributed by atoms with E-state index in [-0.39, 0.29) is 17.7 Å². The van der Waals surface area contributed by atoms with Crippen molar-refractivity contribution in [1.29, 1.82) is 0 Å². The van der Waals surface area contributed by atoms with Crippen molar-refractivity contribution in [3.05, 3.63) is 0 Å². The Morgan fingerprint density at radius 2 is 1.94 bits per heavy atom. The summed E-state index contributed by atoms with van der Waals surface area (Å²) >= 11 is 0. The first kappa shape index (κ1) is 13.3. The molecule has 2 amide bonds. The van der Waals surface area contributed by atoms with Crippen LogP contribution in [0.4, 0.5) is 0 Å². The molecule has 2 rings (SSSR count). The van der Waals surface area contributed by atoms with Crippen LogP contribution in [0.15, 0.2) is 0 Å². The van der Waals surface area contributed by atoms with E-state index in [1.54, 1.807) is 11.8 Å². The van der Waals surface area contributed by atoms with Gasteiger partial charge in [-0.15, -0.1) is 0 Å². The minimum absolute atomic E-state index is 0.00736. The monoisotopic (exact) mass is 253 g/mol. The first-order valence-corrected chi connectivity index (χ1v) is 6.85. The van der Waals surface area contributed by atoms with Crippen molar-refractivity contribution in [2.45, 2.75) is 32.7 Å². The number of piperidine rings is 1. The summed E-state index contributed by atoms with van der Waals surface area (Å²) in [6.07, 6.45) is 1.86. The van der Waals surface area contributed by atoms with Crippen LogP contribution in [0, 0.1) is 5.92 Å². The molecule has 1 N–H and O–H groups in total. The summed E-state index contributed by atoms with van der Waals surface area (Å²) in [4.78, 5) is 27.6. The van der Waals surface area contributed by atoms with Crippen LogP contribution in [0.2, 0.25) is 0 Å². The maximum atomic E-state index is 12.4. The van der Waals surface area contributed by atoms with Gasteiger partial charge in [0.25, 0.3) is 0 Å². The van der Waals surface area contributed by atoms with Gasteiger partial charge in [-0.1, -0.05) is 0 Å². The Labute approximate surface area is 108 Å². The van der Waals surface area contributed by atoms with Crippen molar-refractivity contribution >= 4 is 11.8 Å². The van der Waals surface area contributed by atoms with Gasteiger partial charge < -0.3 is 15.1 Å². The van der Waals surface area contributed by atoms with E-state index >= 15 is 0 Å². The fourth-order valence-corrected chi connectivity index (χ4v) is 2.86. The van der Waals surface area contributed by atoms with Gasteiger partial charge in [0.2, 0.25) is 11.8 Å². The third kappa shape index (κ3) is 3.02. The maximum absolute atomic E-state index is 12.4. The second-order valence-corrected chi connectivity index (χ2v) is 5.44. The average Bonchev–Trinajstić information content (AvgIpc) is 2.38. The smallest absolute Gasteiger partial charge is 0.227 e. The van der Waals surface area contributed by atoms with Crippen LogP contribution >= 0.6 is 0 Å². The molecule has 102 valence electrons. The van der Waals surface area contributed by atoms with Gasteiger partial charge in [-0.2, -0.15) is 0 Å². The normalized spacial score (nSPS) is 29.2. The molecular formula is C13H23N3O2. The Morgan fingerprint density at radius 1 is 1.17 bits per heavy atom. The van der Waals surface area contributed by atoms with E-state index in [4.69, 9.17) is 0 Å². The number of hydrogen-bond donors (Lipinski definition) is 1. The minimum atomic E-state index is 0.00736. The van der Waals surface area contributed by atoms with Gasteiger partial charge in [0.1, 0.15) is 0 Å². The highest BCUT2D eigenvalue weighted by Gasteiger charge is 2.31. The summed E-state index contributed by atoms with van der Waals surface area (Å²) in [5.41, 5.74) is 0. The van der Waals surface area contributed by atoms with E-state index in [0.29, 0.717) is 12.6 Å². The average molecular weight is 253 g/mol. The van der Waals surface area contributed by atoms with Crippen LogP contribution in [0.3, 0.4) is 0 Å². The Hall–Kier alpha value is -1.10. The van der Waals surface area contributed by atoms with Gasteiger partial charge in [-0.25, -0.2) is 0 Å². The summed E-state index contributed by atoms with van der Waals surface area (Å²) in [6.45, 7) is 7.54. The minimum Gasteiger partial charge on any atom is -0.342 e. The summed E-state index contributed by atoms with van der Waals surface area (Å²) in [6, 6.07) is 0.371. The molecule has 2 fully saturated rings. The number of amides is 2. The van der Waals surface area contributed by atoms with E-state index in [2.05, 4.69) is 12.2 Å². The molecule has 2 aliphatic heterocycles. The molecule has 0 spiro atoms. The lowest BCUT2D eigenvalue weighted by Gasteiger charge is -2.37. The van der Waals surface area contributed by atoms with Crippen LogP contribution in [0.1, 0.15) is 26.7 Å². The predicted octanol–water partition coefficient (Wildman–Crippen LogP) is 0.0652. The number of likely N-dealkylation sites (tertiary alicyclic amines) is 1. The first-order valence-electron chi connectivity index (χ1n) is 6.85. The molecule has 2 unspecified atom stereocenters. The highest BCUT2D eigenvalue weighted by molar-refractivity contribution is 5.81. The Bertz CT molecular complexity index is 332. The lowest BCUT2D eigenvalue weighted by atomic mass is 9.96. The highest BCUT2D eigenvalue weighted by Crippen LogP contribution is 2.19. The molecule has 2 atom stereocenters. The van der Waals surface area contributed by atoms with Crippen LogP contribution in [-0.4, -0.2) is 60.4 Å². The third-order valence-electron chi connectivity index (χ3n) is 3.90. The number of piperazine rings is 1. The SMILES string of the molecule is CC(=O)N1CCCC(C(=O)N2CCNC(C)C2)C1. The molecule has 0 aromatic carbocycles. The van der Waals surface area contributed by atoms with Crippen LogP contribution in [0.25, 0.3) is 0 Å². The third-order valence-corrected chi connectivity index (χ3v) is 3.90. The molecule has 0 radical (unpaired) electrons. The van der Waals surface area contributed by atoms with Crippen LogP contribution in [0.5, 0.6) is 0 Å². The molecule has 2 saturated heterocycles. The number of rotatable bonds is 1. The van der Waals surface area contributed by atoms with Crippen molar-refractivity contribution in [2.75, 3.05) is 32.7 Å². The molecule has 18 heavy (non-hydrogen) atoms. The standard InChI is InChI=1S/C13H23N3O2/c1-10-8-16(7-5-14-10)13(18)12-4-3-6-15(9-12)11(2)17/h10,12,14H,3-9H2,1-2H3.